The summed E-state index contributed by atoms with van der Waals surface area (Å²) in [5.41, 5.74) is 8.31. The third kappa shape index (κ3) is 2.56. The Balaban J connectivity index is 2.28. The summed E-state index contributed by atoms with van der Waals surface area (Å²) in [4.78, 5) is 0. The van der Waals surface area contributed by atoms with Crippen molar-refractivity contribution in [3.63, 3.8) is 0 Å². The fraction of sp³-hybridized carbons (Fsp3) is 0.143. The summed E-state index contributed by atoms with van der Waals surface area (Å²) in [6.45, 7) is 4.04. The van der Waals surface area contributed by atoms with Gasteiger partial charge in [0, 0.05) is 6.07 Å². The van der Waals surface area contributed by atoms with E-state index in [-0.39, 0.29) is 5.82 Å². The summed E-state index contributed by atoms with van der Waals surface area (Å²) in [7, 11) is 0. The molecule has 0 aliphatic heterocycles. The molecule has 0 fully saturated rings. The molecular weight excluding hydrogens is 217 g/mol. The maximum Gasteiger partial charge on any atom is 0.150 e. The minimum absolute atomic E-state index is 0.295. The molecule has 2 N–H and O–H groups in total. The van der Waals surface area contributed by atoms with Gasteiger partial charge in [-0.1, -0.05) is 6.07 Å². The lowest BCUT2D eigenvalue weighted by Gasteiger charge is -2.09. The van der Waals surface area contributed by atoms with E-state index < -0.39 is 0 Å². The van der Waals surface area contributed by atoms with Gasteiger partial charge in [0.15, 0.2) is 5.75 Å². The largest absolute Gasteiger partial charge is 0.455 e. The van der Waals surface area contributed by atoms with Crippen molar-refractivity contribution in [1.82, 2.24) is 0 Å². The van der Waals surface area contributed by atoms with Crippen molar-refractivity contribution in [3.05, 3.63) is 53.3 Å². The maximum atomic E-state index is 12.9. The van der Waals surface area contributed by atoms with Crippen LogP contribution in [-0.2, 0) is 0 Å². The molecule has 0 aliphatic rings. The van der Waals surface area contributed by atoms with Crippen LogP contribution in [0.3, 0.4) is 0 Å². The first kappa shape index (κ1) is 11.5. The molecule has 0 unspecified atom stereocenters. The SMILES string of the molecule is Cc1ccc(Oc2ccc(F)cc2N)cc1C. The first-order valence-electron chi connectivity index (χ1n) is 5.36. The average molecular weight is 231 g/mol. The molecule has 0 aromatic heterocycles. The summed E-state index contributed by atoms with van der Waals surface area (Å²) in [5, 5.41) is 0. The Morgan fingerprint density at radius 3 is 2.41 bits per heavy atom. The number of nitrogens with two attached hydrogens (primary N) is 1. The highest BCUT2D eigenvalue weighted by Gasteiger charge is 2.04. The van der Waals surface area contributed by atoms with Crippen LogP contribution in [-0.4, -0.2) is 0 Å². The molecule has 0 saturated carbocycles. The Bertz CT molecular complexity index is 552. The van der Waals surface area contributed by atoms with E-state index in [4.69, 9.17) is 10.5 Å². The molecule has 0 heterocycles. The third-order valence-electron chi connectivity index (χ3n) is 2.68. The second kappa shape index (κ2) is 4.45. The predicted molar refractivity (Wildman–Crippen MR) is 66.8 cm³/mol. The van der Waals surface area contributed by atoms with Crippen molar-refractivity contribution in [1.29, 1.82) is 0 Å². The van der Waals surface area contributed by atoms with Crippen LogP contribution in [0.1, 0.15) is 11.1 Å². The minimum atomic E-state index is -0.366. The van der Waals surface area contributed by atoms with Crippen molar-refractivity contribution in [2.75, 3.05) is 5.73 Å². The molecule has 0 bridgehead atoms. The molecule has 0 amide bonds. The smallest absolute Gasteiger partial charge is 0.150 e. The van der Waals surface area contributed by atoms with Crippen molar-refractivity contribution in [2.24, 2.45) is 0 Å². The van der Waals surface area contributed by atoms with Crippen LogP contribution in [0.4, 0.5) is 10.1 Å². The van der Waals surface area contributed by atoms with Gasteiger partial charge >= 0.3 is 0 Å². The fourth-order valence-electron chi connectivity index (χ4n) is 1.52. The molecule has 2 rings (SSSR count). The topological polar surface area (TPSA) is 35.2 Å². The zero-order valence-electron chi connectivity index (χ0n) is 9.83. The molecule has 17 heavy (non-hydrogen) atoms. The van der Waals surface area contributed by atoms with Crippen LogP contribution >= 0.6 is 0 Å². The van der Waals surface area contributed by atoms with Crippen molar-refractivity contribution >= 4 is 5.69 Å². The van der Waals surface area contributed by atoms with Gasteiger partial charge in [-0.05, 0) is 49.2 Å². The van der Waals surface area contributed by atoms with Crippen LogP contribution in [0, 0.1) is 19.7 Å². The van der Waals surface area contributed by atoms with E-state index in [1.54, 1.807) is 0 Å². The van der Waals surface area contributed by atoms with Crippen LogP contribution in [0.2, 0.25) is 0 Å². The second-order valence-electron chi connectivity index (χ2n) is 4.03. The first-order chi connectivity index (χ1) is 8.06. The van der Waals surface area contributed by atoms with E-state index in [1.165, 1.54) is 23.8 Å². The Morgan fingerprint density at radius 1 is 1.00 bits per heavy atom. The number of halogens is 1. The van der Waals surface area contributed by atoms with Gasteiger partial charge in [0.1, 0.15) is 11.6 Å². The fourth-order valence-corrected chi connectivity index (χ4v) is 1.52. The normalized spacial score (nSPS) is 10.3. The molecule has 0 aliphatic carbocycles. The molecule has 2 aromatic rings. The summed E-state index contributed by atoms with van der Waals surface area (Å²) in [5.74, 6) is 0.802. The summed E-state index contributed by atoms with van der Waals surface area (Å²) in [6, 6.07) is 9.87. The van der Waals surface area contributed by atoms with Crippen molar-refractivity contribution in [3.8, 4) is 11.5 Å². The summed E-state index contributed by atoms with van der Waals surface area (Å²) < 4.78 is 18.5. The molecule has 0 saturated heterocycles. The van der Waals surface area contributed by atoms with Gasteiger partial charge in [-0.2, -0.15) is 0 Å². The van der Waals surface area contributed by atoms with Crippen LogP contribution in [0.25, 0.3) is 0 Å². The van der Waals surface area contributed by atoms with E-state index >= 15 is 0 Å². The Labute approximate surface area is 99.8 Å². The Kier molecular flexibility index (Phi) is 3.00. The van der Waals surface area contributed by atoms with Gasteiger partial charge in [0.05, 0.1) is 5.69 Å². The highest BCUT2D eigenvalue weighted by Crippen LogP contribution is 2.28. The number of hydrogen-bond acceptors (Lipinski definition) is 2. The van der Waals surface area contributed by atoms with E-state index in [0.717, 1.165) is 5.56 Å². The standard InChI is InChI=1S/C14H14FNO/c1-9-3-5-12(7-10(9)2)17-14-6-4-11(15)8-13(14)16/h3-8H,16H2,1-2H3. The number of ether oxygens (including phenoxy) is 1. The number of rotatable bonds is 2. The van der Waals surface area contributed by atoms with Gasteiger partial charge < -0.3 is 10.5 Å². The zero-order chi connectivity index (χ0) is 12.4. The van der Waals surface area contributed by atoms with Crippen LogP contribution in [0.15, 0.2) is 36.4 Å². The summed E-state index contributed by atoms with van der Waals surface area (Å²) in [6.07, 6.45) is 0. The van der Waals surface area contributed by atoms with Crippen molar-refractivity contribution < 1.29 is 9.13 Å². The van der Waals surface area contributed by atoms with Crippen molar-refractivity contribution in [2.45, 2.75) is 13.8 Å². The quantitative estimate of drug-likeness (QED) is 0.797. The Hall–Kier alpha value is -2.03. The first-order valence-corrected chi connectivity index (χ1v) is 5.36. The molecule has 0 spiro atoms. The maximum absolute atomic E-state index is 12.9. The van der Waals surface area contributed by atoms with Gasteiger partial charge in [0.25, 0.3) is 0 Å². The van der Waals surface area contributed by atoms with Gasteiger partial charge in [-0.25, -0.2) is 4.39 Å². The van der Waals surface area contributed by atoms with Gasteiger partial charge in [0.2, 0.25) is 0 Å². The highest BCUT2D eigenvalue weighted by atomic mass is 19.1. The number of aryl methyl sites for hydroxylation is 2. The predicted octanol–water partition coefficient (Wildman–Crippen LogP) is 3.82. The number of nitrogen functional groups attached to an aromatic ring is 1. The Morgan fingerprint density at radius 2 is 1.76 bits per heavy atom. The van der Waals surface area contributed by atoms with E-state index in [9.17, 15) is 4.39 Å². The second-order valence-corrected chi connectivity index (χ2v) is 4.03. The van der Waals surface area contributed by atoms with E-state index in [0.29, 0.717) is 17.2 Å². The molecule has 3 heteroatoms. The zero-order valence-corrected chi connectivity index (χ0v) is 9.83. The van der Waals surface area contributed by atoms with Crippen LogP contribution < -0.4 is 10.5 Å². The molecule has 2 aromatic carbocycles. The van der Waals surface area contributed by atoms with Gasteiger partial charge in [-0.15, -0.1) is 0 Å². The van der Waals surface area contributed by atoms with Gasteiger partial charge in [-0.3, -0.25) is 0 Å². The number of anilines is 1. The summed E-state index contributed by atoms with van der Waals surface area (Å²) >= 11 is 0. The number of hydrogen-bond donors (Lipinski definition) is 1. The molecule has 0 atom stereocenters. The third-order valence-corrected chi connectivity index (χ3v) is 2.68. The lowest BCUT2D eigenvalue weighted by Crippen LogP contribution is -1.93. The highest BCUT2D eigenvalue weighted by molar-refractivity contribution is 5.54. The van der Waals surface area contributed by atoms with E-state index in [2.05, 4.69) is 0 Å². The average Bonchev–Trinajstić information content (AvgIpc) is 2.27. The lowest BCUT2D eigenvalue weighted by molar-refractivity contribution is 0.482. The number of benzene rings is 2. The molecular formula is C14H14FNO. The monoisotopic (exact) mass is 231 g/mol. The molecule has 2 nitrogen and oxygen atoms in total. The molecule has 88 valence electrons. The minimum Gasteiger partial charge on any atom is -0.455 e. The van der Waals surface area contributed by atoms with Crippen LogP contribution in [0.5, 0.6) is 11.5 Å². The lowest BCUT2D eigenvalue weighted by atomic mass is 10.1. The molecule has 0 radical (unpaired) electrons. The van der Waals surface area contributed by atoms with E-state index in [1.807, 2.05) is 32.0 Å².